The zero-order chi connectivity index (χ0) is 22.8. The van der Waals surface area contributed by atoms with Crippen molar-refractivity contribution in [1.29, 1.82) is 0 Å². The zero-order valence-electron chi connectivity index (χ0n) is 18.3. The molecule has 2 rings (SSSR count). The van der Waals surface area contributed by atoms with Crippen LogP contribution in [-0.4, -0.2) is 35.9 Å². The first-order chi connectivity index (χ1) is 14.8. The molecule has 0 saturated heterocycles. The molecule has 0 aliphatic rings. The van der Waals surface area contributed by atoms with Crippen LogP contribution in [0, 0.1) is 6.92 Å². The van der Waals surface area contributed by atoms with Crippen LogP contribution < -0.4 is 10.1 Å². The number of hydrogen-bond donors (Lipinski definition) is 1. The fourth-order valence-electron chi connectivity index (χ4n) is 3.25. The van der Waals surface area contributed by atoms with E-state index in [1.165, 1.54) is 0 Å². The van der Waals surface area contributed by atoms with Crippen molar-refractivity contribution in [3.8, 4) is 5.75 Å². The van der Waals surface area contributed by atoms with Crippen molar-refractivity contribution in [2.75, 3.05) is 13.2 Å². The first-order valence-corrected chi connectivity index (χ1v) is 11.3. The summed E-state index contributed by atoms with van der Waals surface area (Å²) in [6, 6.07) is 12.1. The molecule has 0 aromatic heterocycles. The van der Waals surface area contributed by atoms with Crippen molar-refractivity contribution >= 4 is 35.0 Å². The average Bonchev–Trinajstić information content (AvgIpc) is 2.73. The first-order valence-electron chi connectivity index (χ1n) is 10.6. The summed E-state index contributed by atoms with van der Waals surface area (Å²) in [5.41, 5.74) is 2.05. The van der Waals surface area contributed by atoms with Gasteiger partial charge in [-0.05, 0) is 43.5 Å². The second kappa shape index (κ2) is 12.6. The van der Waals surface area contributed by atoms with Crippen LogP contribution in [-0.2, 0) is 16.1 Å². The molecule has 0 heterocycles. The van der Waals surface area contributed by atoms with Gasteiger partial charge >= 0.3 is 0 Å². The highest BCUT2D eigenvalue weighted by Gasteiger charge is 2.29. The molecular formula is C24H30Cl2N2O3. The van der Waals surface area contributed by atoms with Crippen LogP contribution in [0.15, 0.2) is 42.5 Å². The van der Waals surface area contributed by atoms with Gasteiger partial charge in [-0.25, -0.2) is 0 Å². The number of halogens is 2. The minimum Gasteiger partial charge on any atom is -0.482 e. The van der Waals surface area contributed by atoms with Crippen LogP contribution >= 0.6 is 23.2 Å². The van der Waals surface area contributed by atoms with Crippen molar-refractivity contribution in [2.24, 2.45) is 0 Å². The zero-order valence-corrected chi connectivity index (χ0v) is 19.8. The molecule has 0 bridgehead atoms. The number of ether oxygens (including phenoxy) is 1. The number of unbranched alkanes of at least 4 members (excludes halogenated alkanes) is 1. The van der Waals surface area contributed by atoms with E-state index in [-0.39, 0.29) is 18.4 Å². The largest absolute Gasteiger partial charge is 0.482 e. The van der Waals surface area contributed by atoms with Crippen LogP contribution in [0.3, 0.4) is 0 Å². The van der Waals surface area contributed by atoms with Crippen LogP contribution in [0.1, 0.15) is 44.2 Å². The summed E-state index contributed by atoms with van der Waals surface area (Å²) in [4.78, 5) is 27.6. The third-order valence-electron chi connectivity index (χ3n) is 4.90. The monoisotopic (exact) mass is 464 g/mol. The number of hydrogen-bond acceptors (Lipinski definition) is 3. The molecule has 0 fully saturated rings. The second-order valence-corrected chi connectivity index (χ2v) is 8.29. The number of amides is 2. The lowest BCUT2D eigenvalue weighted by Crippen LogP contribution is -2.50. The molecule has 1 atom stereocenters. The first kappa shape index (κ1) is 25.0. The highest BCUT2D eigenvalue weighted by Crippen LogP contribution is 2.27. The topological polar surface area (TPSA) is 58.6 Å². The molecule has 0 spiro atoms. The number of aryl methyl sites for hydroxylation is 1. The third kappa shape index (κ3) is 7.75. The number of carbonyl (C=O) groups is 2. The van der Waals surface area contributed by atoms with Gasteiger partial charge in [0.25, 0.3) is 5.91 Å². The molecule has 168 valence electrons. The van der Waals surface area contributed by atoms with Gasteiger partial charge < -0.3 is 15.0 Å². The molecular weight excluding hydrogens is 435 g/mol. The lowest BCUT2D eigenvalue weighted by Gasteiger charge is -2.30. The summed E-state index contributed by atoms with van der Waals surface area (Å²) in [7, 11) is 0. The Labute approximate surface area is 194 Å². The van der Waals surface area contributed by atoms with Crippen molar-refractivity contribution < 1.29 is 14.3 Å². The van der Waals surface area contributed by atoms with Gasteiger partial charge in [0.2, 0.25) is 5.91 Å². The van der Waals surface area contributed by atoms with Crippen LogP contribution in [0.5, 0.6) is 5.75 Å². The quantitative estimate of drug-likeness (QED) is 0.452. The average molecular weight is 465 g/mol. The number of nitrogens with zero attached hydrogens (tertiary/aromatic N) is 1. The molecule has 0 unspecified atom stereocenters. The summed E-state index contributed by atoms with van der Waals surface area (Å²) in [6.45, 7) is 6.64. The van der Waals surface area contributed by atoms with E-state index in [1.807, 2.05) is 38.1 Å². The number of benzene rings is 2. The molecule has 5 nitrogen and oxygen atoms in total. The molecule has 0 radical (unpaired) electrons. The van der Waals surface area contributed by atoms with Gasteiger partial charge in [-0.15, -0.1) is 0 Å². The smallest absolute Gasteiger partial charge is 0.261 e. The van der Waals surface area contributed by atoms with E-state index in [0.29, 0.717) is 35.3 Å². The molecule has 1 N–H and O–H groups in total. The van der Waals surface area contributed by atoms with E-state index in [4.69, 9.17) is 27.9 Å². The normalized spacial score (nSPS) is 11.6. The molecule has 2 aromatic carbocycles. The van der Waals surface area contributed by atoms with E-state index in [9.17, 15) is 9.59 Å². The molecule has 0 aliphatic carbocycles. The fourth-order valence-corrected chi connectivity index (χ4v) is 3.71. The molecule has 0 saturated carbocycles. The number of carbonyl (C=O) groups excluding carboxylic acids is 2. The second-order valence-electron chi connectivity index (χ2n) is 7.44. The predicted octanol–water partition coefficient (Wildman–Crippen LogP) is 5.40. The Hall–Kier alpha value is -2.24. The number of nitrogens with one attached hydrogen (secondary N) is 1. The summed E-state index contributed by atoms with van der Waals surface area (Å²) in [6.07, 6.45) is 2.38. The maximum absolute atomic E-state index is 13.2. The van der Waals surface area contributed by atoms with Crippen LogP contribution in [0.2, 0.25) is 10.0 Å². The van der Waals surface area contributed by atoms with Gasteiger partial charge in [0, 0.05) is 18.1 Å². The summed E-state index contributed by atoms with van der Waals surface area (Å²) >= 11 is 12.1. The third-order valence-corrected chi connectivity index (χ3v) is 5.43. The minimum atomic E-state index is -0.589. The van der Waals surface area contributed by atoms with E-state index in [2.05, 4.69) is 12.2 Å². The molecule has 0 aliphatic heterocycles. The van der Waals surface area contributed by atoms with Crippen molar-refractivity contribution in [3.05, 3.63) is 63.6 Å². The fraction of sp³-hybridized carbons (Fsp3) is 0.417. The Morgan fingerprint density at radius 1 is 1.13 bits per heavy atom. The van der Waals surface area contributed by atoms with Gasteiger partial charge in [-0.1, -0.05) is 73.3 Å². The van der Waals surface area contributed by atoms with E-state index in [1.54, 1.807) is 23.1 Å². The van der Waals surface area contributed by atoms with Crippen molar-refractivity contribution in [1.82, 2.24) is 10.2 Å². The SMILES string of the molecule is CCCCNC(=O)[C@@H](CC)N(Cc1cccc(C)c1)C(=O)COc1ccc(Cl)cc1Cl. The van der Waals surface area contributed by atoms with Crippen molar-refractivity contribution in [3.63, 3.8) is 0 Å². The maximum atomic E-state index is 13.2. The Morgan fingerprint density at radius 2 is 1.90 bits per heavy atom. The predicted molar refractivity (Wildman–Crippen MR) is 126 cm³/mol. The highest BCUT2D eigenvalue weighted by molar-refractivity contribution is 6.35. The Morgan fingerprint density at radius 3 is 2.55 bits per heavy atom. The van der Waals surface area contributed by atoms with Crippen LogP contribution in [0.25, 0.3) is 0 Å². The van der Waals surface area contributed by atoms with Gasteiger partial charge in [0.05, 0.1) is 5.02 Å². The molecule has 2 amide bonds. The lowest BCUT2D eigenvalue weighted by molar-refractivity contribution is -0.143. The Kier molecular flexibility index (Phi) is 10.2. The molecule has 7 heteroatoms. The molecule has 31 heavy (non-hydrogen) atoms. The highest BCUT2D eigenvalue weighted by atomic mass is 35.5. The van der Waals surface area contributed by atoms with Gasteiger partial charge in [0.15, 0.2) is 6.61 Å². The summed E-state index contributed by atoms with van der Waals surface area (Å²) in [5.74, 6) is -0.0677. The Balaban J connectivity index is 2.19. The number of rotatable bonds is 11. The van der Waals surface area contributed by atoms with E-state index >= 15 is 0 Å². The van der Waals surface area contributed by atoms with Gasteiger partial charge in [-0.2, -0.15) is 0 Å². The Bertz CT molecular complexity index is 889. The standard InChI is InChI=1S/C24H30Cl2N2O3/c1-4-6-12-27-24(30)21(5-2)28(15-18-9-7-8-17(3)13-18)23(29)16-31-22-11-10-19(25)14-20(22)26/h7-11,13-14,21H,4-6,12,15-16H2,1-3H3,(H,27,30)/t21-/m1/s1. The maximum Gasteiger partial charge on any atom is 0.261 e. The lowest BCUT2D eigenvalue weighted by atomic mass is 10.1. The van der Waals surface area contributed by atoms with E-state index < -0.39 is 6.04 Å². The molecule has 2 aromatic rings. The minimum absolute atomic E-state index is 0.151. The van der Waals surface area contributed by atoms with E-state index in [0.717, 1.165) is 24.0 Å². The van der Waals surface area contributed by atoms with Gasteiger partial charge in [-0.3, -0.25) is 9.59 Å². The van der Waals surface area contributed by atoms with Crippen LogP contribution in [0.4, 0.5) is 0 Å². The van der Waals surface area contributed by atoms with Gasteiger partial charge in [0.1, 0.15) is 11.8 Å². The van der Waals surface area contributed by atoms with Crippen molar-refractivity contribution in [2.45, 2.75) is 52.6 Å². The summed E-state index contributed by atoms with van der Waals surface area (Å²) in [5, 5.41) is 3.76. The summed E-state index contributed by atoms with van der Waals surface area (Å²) < 4.78 is 5.66.